The molecule has 3 heteroatoms. The van der Waals surface area contributed by atoms with E-state index in [1.165, 1.54) is 11.1 Å². The van der Waals surface area contributed by atoms with Gasteiger partial charge in [0.2, 0.25) is 0 Å². The van der Waals surface area contributed by atoms with Crippen molar-refractivity contribution in [2.75, 3.05) is 18.0 Å². The van der Waals surface area contributed by atoms with Gasteiger partial charge in [0.15, 0.2) is 0 Å². The molecule has 1 aliphatic rings. The smallest absolute Gasteiger partial charge is 0.129 e. The number of nitrogens with zero attached hydrogens (tertiary/aromatic N) is 2. The monoisotopic (exact) mass is 273 g/mol. The second kappa shape index (κ2) is 5.96. The lowest BCUT2D eigenvalue weighted by atomic mass is 10.1. The Morgan fingerprint density at radius 1 is 1.25 bits per heavy atom. The van der Waals surface area contributed by atoms with Crippen LogP contribution in [0.25, 0.3) is 0 Å². The van der Waals surface area contributed by atoms with Crippen LogP contribution in [0.2, 0.25) is 0 Å². The highest BCUT2D eigenvalue weighted by Crippen LogP contribution is 2.20. The third-order valence-electron chi connectivity index (χ3n) is 3.58. The van der Waals surface area contributed by atoms with Gasteiger partial charge in [0.25, 0.3) is 0 Å². The third-order valence-corrected chi connectivity index (χ3v) is 3.58. The van der Waals surface area contributed by atoms with E-state index in [2.05, 4.69) is 63.0 Å². The van der Waals surface area contributed by atoms with Crippen LogP contribution in [-0.2, 0) is 6.54 Å². The number of aryl methyl sites for hydroxylation is 1. The molecule has 0 spiro atoms. The molecule has 1 aromatic rings. The Balaban J connectivity index is 2.12. The minimum Gasteiger partial charge on any atom is -0.353 e. The van der Waals surface area contributed by atoms with Crippen molar-refractivity contribution < 1.29 is 0 Å². The SMILES string of the molecule is CC1=CCN(c2cc(CNC(C)(C)C)cc(C)n2)CC1. The van der Waals surface area contributed by atoms with Crippen molar-refractivity contribution in [1.82, 2.24) is 10.3 Å². The summed E-state index contributed by atoms with van der Waals surface area (Å²) >= 11 is 0. The van der Waals surface area contributed by atoms with E-state index in [0.717, 1.165) is 37.6 Å². The summed E-state index contributed by atoms with van der Waals surface area (Å²) in [6.45, 7) is 13.8. The van der Waals surface area contributed by atoms with E-state index in [1.807, 2.05) is 0 Å². The molecular weight excluding hydrogens is 246 g/mol. The summed E-state index contributed by atoms with van der Waals surface area (Å²) in [5.41, 5.74) is 4.04. The fourth-order valence-corrected chi connectivity index (χ4v) is 2.33. The Bertz CT molecular complexity index is 497. The highest BCUT2D eigenvalue weighted by molar-refractivity contribution is 5.44. The van der Waals surface area contributed by atoms with Crippen molar-refractivity contribution in [3.63, 3.8) is 0 Å². The molecule has 0 bridgehead atoms. The van der Waals surface area contributed by atoms with Crippen LogP contribution in [-0.4, -0.2) is 23.6 Å². The predicted molar refractivity (Wildman–Crippen MR) is 86.2 cm³/mol. The van der Waals surface area contributed by atoms with Crippen LogP contribution in [0.3, 0.4) is 0 Å². The number of anilines is 1. The lowest BCUT2D eigenvalue weighted by Gasteiger charge is -2.27. The minimum absolute atomic E-state index is 0.141. The molecule has 0 aromatic carbocycles. The third kappa shape index (κ3) is 4.34. The maximum Gasteiger partial charge on any atom is 0.129 e. The molecule has 0 fully saturated rings. The zero-order valence-corrected chi connectivity index (χ0v) is 13.5. The van der Waals surface area contributed by atoms with E-state index in [0.29, 0.717) is 0 Å². The van der Waals surface area contributed by atoms with Crippen LogP contribution in [0, 0.1) is 6.92 Å². The average Bonchev–Trinajstić information content (AvgIpc) is 2.36. The van der Waals surface area contributed by atoms with Crippen LogP contribution in [0.15, 0.2) is 23.8 Å². The highest BCUT2D eigenvalue weighted by atomic mass is 15.2. The fraction of sp³-hybridized carbons (Fsp3) is 0.588. The van der Waals surface area contributed by atoms with Gasteiger partial charge in [-0.15, -0.1) is 0 Å². The molecule has 1 aromatic heterocycles. The normalized spacial score (nSPS) is 16.2. The zero-order valence-electron chi connectivity index (χ0n) is 13.5. The van der Waals surface area contributed by atoms with E-state index in [9.17, 15) is 0 Å². The van der Waals surface area contributed by atoms with Crippen LogP contribution >= 0.6 is 0 Å². The quantitative estimate of drug-likeness (QED) is 0.855. The molecule has 0 saturated heterocycles. The van der Waals surface area contributed by atoms with E-state index in [1.54, 1.807) is 0 Å². The summed E-state index contributed by atoms with van der Waals surface area (Å²) in [6.07, 6.45) is 3.45. The van der Waals surface area contributed by atoms with E-state index in [4.69, 9.17) is 4.98 Å². The number of nitrogens with one attached hydrogen (secondary N) is 1. The molecule has 0 aliphatic carbocycles. The predicted octanol–water partition coefficient (Wildman–Crippen LogP) is 3.43. The Morgan fingerprint density at radius 2 is 2.00 bits per heavy atom. The molecule has 1 N–H and O–H groups in total. The first kappa shape index (κ1) is 15.0. The molecule has 1 aliphatic heterocycles. The lowest BCUT2D eigenvalue weighted by Crippen LogP contribution is -2.35. The van der Waals surface area contributed by atoms with Crippen LogP contribution < -0.4 is 10.2 Å². The van der Waals surface area contributed by atoms with Gasteiger partial charge in [0, 0.05) is 30.9 Å². The zero-order chi connectivity index (χ0) is 14.8. The lowest BCUT2D eigenvalue weighted by molar-refractivity contribution is 0.424. The molecule has 0 radical (unpaired) electrons. The second-order valence-corrected chi connectivity index (χ2v) is 6.83. The van der Waals surface area contributed by atoms with Gasteiger partial charge in [-0.3, -0.25) is 0 Å². The Labute approximate surface area is 123 Å². The molecule has 2 rings (SSSR count). The van der Waals surface area contributed by atoms with Crippen molar-refractivity contribution in [2.24, 2.45) is 0 Å². The first-order chi connectivity index (χ1) is 9.33. The maximum atomic E-state index is 4.70. The van der Waals surface area contributed by atoms with Gasteiger partial charge < -0.3 is 10.2 Å². The van der Waals surface area contributed by atoms with Gasteiger partial charge in [-0.1, -0.05) is 11.6 Å². The van der Waals surface area contributed by atoms with Crippen molar-refractivity contribution in [1.29, 1.82) is 0 Å². The number of aromatic nitrogens is 1. The van der Waals surface area contributed by atoms with Crippen LogP contribution in [0.4, 0.5) is 5.82 Å². The molecular formula is C17H27N3. The molecule has 3 nitrogen and oxygen atoms in total. The summed E-state index contributed by atoms with van der Waals surface area (Å²) in [6, 6.07) is 4.40. The fourth-order valence-electron chi connectivity index (χ4n) is 2.33. The van der Waals surface area contributed by atoms with E-state index in [-0.39, 0.29) is 5.54 Å². The Hall–Kier alpha value is -1.35. The Morgan fingerprint density at radius 3 is 2.60 bits per heavy atom. The largest absolute Gasteiger partial charge is 0.353 e. The van der Waals surface area contributed by atoms with E-state index < -0.39 is 0 Å². The van der Waals surface area contributed by atoms with Gasteiger partial charge in [-0.25, -0.2) is 4.98 Å². The second-order valence-electron chi connectivity index (χ2n) is 6.83. The molecule has 0 atom stereocenters. The average molecular weight is 273 g/mol. The molecule has 20 heavy (non-hydrogen) atoms. The number of hydrogen-bond donors (Lipinski definition) is 1. The van der Waals surface area contributed by atoms with Gasteiger partial charge in [0.05, 0.1) is 0 Å². The first-order valence-corrected chi connectivity index (χ1v) is 7.47. The number of hydrogen-bond acceptors (Lipinski definition) is 3. The summed E-state index contributed by atoms with van der Waals surface area (Å²) in [5, 5.41) is 3.54. The van der Waals surface area contributed by atoms with Gasteiger partial charge in [0.1, 0.15) is 5.82 Å². The van der Waals surface area contributed by atoms with Crippen molar-refractivity contribution >= 4 is 5.82 Å². The molecule has 0 saturated carbocycles. The van der Waals surface area contributed by atoms with Gasteiger partial charge in [-0.05, 0) is 58.7 Å². The molecule has 0 unspecified atom stereocenters. The summed E-state index contributed by atoms with van der Waals surface area (Å²) in [5.74, 6) is 1.11. The van der Waals surface area contributed by atoms with Crippen molar-refractivity contribution in [3.8, 4) is 0 Å². The number of pyridine rings is 1. The topological polar surface area (TPSA) is 28.2 Å². The van der Waals surface area contributed by atoms with Crippen molar-refractivity contribution in [2.45, 2.75) is 53.1 Å². The standard InChI is InChI=1S/C17H27N3/c1-13-6-8-20(9-7-13)16-11-15(10-14(2)19-16)12-18-17(3,4)5/h6,10-11,18H,7-9,12H2,1-5H3. The van der Waals surface area contributed by atoms with Gasteiger partial charge >= 0.3 is 0 Å². The van der Waals surface area contributed by atoms with Crippen LogP contribution in [0.1, 0.15) is 45.4 Å². The molecule has 0 amide bonds. The first-order valence-electron chi connectivity index (χ1n) is 7.47. The van der Waals surface area contributed by atoms with E-state index >= 15 is 0 Å². The molecule has 2 heterocycles. The maximum absolute atomic E-state index is 4.70. The van der Waals surface area contributed by atoms with Crippen LogP contribution in [0.5, 0.6) is 0 Å². The minimum atomic E-state index is 0.141. The highest BCUT2D eigenvalue weighted by Gasteiger charge is 2.14. The summed E-state index contributed by atoms with van der Waals surface area (Å²) in [7, 11) is 0. The summed E-state index contributed by atoms with van der Waals surface area (Å²) < 4.78 is 0. The summed E-state index contributed by atoms with van der Waals surface area (Å²) in [4.78, 5) is 7.06. The Kier molecular flexibility index (Phi) is 4.48. The van der Waals surface area contributed by atoms with Gasteiger partial charge in [-0.2, -0.15) is 0 Å². The number of rotatable bonds is 3. The van der Waals surface area contributed by atoms with Crippen molar-refractivity contribution in [3.05, 3.63) is 35.0 Å². The molecule has 110 valence electrons.